The molecule has 0 atom stereocenters. The molecule has 0 saturated heterocycles. The second kappa shape index (κ2) is 3.28. The molecular weight excluding hydrogens is 154 g/mol. The first kappa shape index (κ1) is 9.82. The number of nitrogens with one attached hydrogen (secondary N) is 2. The van der Waals surface area contributed by atoms with E-state index in [0.29, 0.717) is 0 Å². The van der Waals surface area contributed by atoms with E-state index in [1.165, 1.54) is 0 Å². The first-order valence-electron chi connectivity index (χ1n) is 2.76. The minimum Gasteiger partial charge on any atom is -0.270 e. The molecule has 7 nitrogen and oxygen atoms in total. The van der Waals surface area contributed by atoms with E-state index in [1.54, 1.807) is 10.9 Å². The van der Waals surface area contributed by atoms with Crippen molar-refractivity contribution in [2.45, 2.75) is 13.8 Å². The van der Waals surface area contributed by atoms with E-state index in [0.717, 1.165) is 13.8 Å². The third kappa shape index (κ3) is 5.27. The van der Waals surface area contributed by atoms with Gasteiger partial charge in [0.05, 0.1) is 0 Å². The van der Waals surface area contributed by atoms with Crippen LogP contribution >= 0.6 is 0 Å². The quantitative estimate of drug-likeness (QED) is 0.300. The van der Waals surface area contributed by atoms with Crippen molar-refractivity contribution < 1.29 is 25.0 Å². The van der Waals surface area contributed by atoms with Crippen molar-refractivity contribution in [2.24, 2.45) is 0 Å². The molecule has 0 rings (SSSR count). The second-order valence-corrected chi connectivity index (χ2v) is 1.94. The van der Waals surface area contributed by atoms with Gasteiger partial charge in [0, 0.05) is 13.8 Å². The van der Waals surface area contributed by atoms with Crippen LogP contribution in [0.15, 0.2) is 0 Å². The van der Waals surface area contributed by atoms with Crippen molar-refractivity contribution >= 4 is 11.8 Å². The zero-order valence-electron chi connectivity index (χ0n) is 6.16. The lowest BCUT2D eigenvalue weighted by atomic mass is 10.7. The summed E-state index contributed by atoms with van der Waals surface area (Å²) < 4.78 is 0. The van der Waals surface area contributed by atoms with Crippen molar-refractivity contribution in [1.82, 2.24) is 10.9 Å². The predicted molar refractivity (Wildman–Crippen MR) is 31.5 cm³/mol. The molecule has 0 radical (unpaired) electrons. The molecule has 64 valence electrons. The highest BCUT2D eigenvalue weighted by Gasteiger charge is 2.25. The molecule has 11 heavy (non-hydrogen) atoms. The zero-order chi connectivity index (χ0) is 9.07. The molecule has 0 saturated carbocycles. The van der Waals surface area contributed by atoms with Crippen LogP contribution in [-0.2, 0) is 9.59 Å². The highest BCUT2D eigenvalue weighted by Crippen LogP contribution is 1.81. The lowest BCUT2D eigenvalue weighted by Crippen LogP contribution is -2.64. The van der Waals surface area contributed by atoms with Gasteiger partial charge in [-0.05, 0) is 0 Å². The topological polar surface area (TPSA) is 98.7 Å². The Labute approximate surface area is 62.7 Å². The molecule has 0 aromatic heterocycles. The standard InChI is InChI=1S/C4H9N3O4/c1-3(8)5-7(10,11)6-4(2)9/h10-11H,1-2H3,(H-,5,6,8,9)/p+1. The van der Waals surface area contributed by atoms with E-state index in [2.05, 4.69) is 0 Å². The van der Waals surface area contributed by atoms with Gasteiger partial charge < -0.3 is 0 Å². The summed E-state index contributed by atoms with van der Waals surface area (Å²) in [6, 6.07) is 0. The second-order valence-electron chi connectivity index (χ2n) is 1.94. The Morgan fingerprint density at radius 1 is 1.09 bits per heavy atom. The number of quaternary nitrogens is 1. The number of rotatable bonds is 2. The monoisotopic (exact) mass is 164 g/mol. The predicted octanol–water partition coefficient (Wildman–Crippen LogP) is -1.32. The summed E-state index contributed by atoms with van der Waals surface area (Å²) in [4.78, 5) is 20.5. The molecule has 0 fully saturated rings. The van der Waals surface area contributed by atoms with Crippen LogP contribution < -0.4 is 10.9 Å². The zero-order valence-corrected chi connectivity index (χ0v) is 6.16. The molecule has 0 unspecified atom stereocenters. The molecule has 0 bridgehead atoms. The number of carbonyl (C=O) groups excluding carboxylic acids is 2. The van der Waals surface area contributed by atoms with Crippen LogP contribution in [0.5, 0.6) is 0 Å². The van der Waals surface area contributed by atoms with Gasteiger partial charge in [0.1, 0.15) is 0 Å². The SMILES string of the molecule is CC(=O)N[N+](O)(O)NC(C)=O. The molecule has 4 N–H and O–H groups in total. The van der Waals surface area contributed by atoms with Crippen molar-refractivity contribution in [3.05, 3.63) is 0 Å². The van der Waals surface area contributed by atoms with Gasteiger partial charge in [0.15, 0.2) is 5.03 Å². The Bertz CT molecular complexity index is 160. The normalized spacial score (nSPS) is 10.5. The summed E-state index contributed by atoms with van der Waals surface area (Å²) >= 11 is 0. The summed E-state index contributed by atoms with van der Waals surface area (Å²) in [5.74, 6) is -1.38. The van der Waals surface area contributed by atoms with Crippen LogP contribution in [0.25, 0.3) is 0 Å². The molecule has 7 heteroatoms. The van der Waals surface area contributed by atoms with Gasteiger partial charge >= 0.3 is 0 Å². The van der Waals surface area contributed by atoms with E-state index in [-0.39, 0.29) is 0 Å². The summed E-state index contributed by atoms with van der Waals surface area (Å²) in [6.07, 6.45) is 0. The van der Waals surface area contributed by atoms with Gasteiger partial charge in [-0.1, -0.05) is 0 Å². The number of amides is 2. The van der Waals surface area contributed by atoms with Crippen LogP contribution in [0, 0.1) is 0 Å². The van der Waals surface area contributed by atoms with E-state index in [1.807, 2.05) is 0 Å². The number of carbonyl (C=O) groups is 2. The minimum absolute atomic E-state index is 0.691. The Hall–Kier alpha value is -1.18. The molecule has 0 aliphatic carbocycles. The van der Waals surface area contributed by atoms with Crippen LogP contribution in [0.3, 0.4) is 0 Å². The highest BCUT2D eigenvalue weighted by atomic mass is 16.9. The van der Waals surface area contributed by atoms with E-state index < -0.39 is 16.8 Å². The average molecular weight is 164 g/mol. The van der Waals surface area contributed by atoms with Gasteiger partial charge in [-0.2, -0.15) is 0 Å². The maximum absolute atomic E-state index is 10.2. The number of hydrogen-bond acceptors (Lipinski definition) is 4. The van der Waals surface area contributed by atoms with Gasteiger partial charge in [-0.15, -0.1) is 21.3 Å². The fraction of sp³-hybridized carbons (Fsp3) is 0.500. The minimum atomic E-state index is -2.04. The van der Waals surface area contributed by atoms with Crippen LogP contribution in [0.1, 0.15) is 13.8 Å². The van der Waals surface area contributed by atoms with Crippen LogP contribution in [-0.4, -0.2) is 27.3 Å². The van der Waals surface area contributed by atoms with Gasteiger partial charge in [0.25, 0.3) is 11.8 Å². The maximum Gasteiger partial charge on any atom is 0.270 e. The molecule has 0 heterocycles. The van der Waals surface area contributed by atoms with Gasteiger partial charge in [-0.25, -0.2) is 0 Å². The summed E-state index contributed by atoms with van der Waals surface area (Å²) in [7, 11) is 0. The molecule has 0 aromatic carbocycles. The lowest BCUT2D eigenvalue weighted by Gasteiger charge is -2.17. The van der Waals surface area contributed by atoms with Gasteiger partial charge in [0.2, 0.25) is 0 Å². The third-order valence-corrected chi connectivity index (χ3v) is 0.627. The highest BCUT2D eigenvalue weighted by molar-refractivity contribution is 5.73. The van der Waals surface area contributed by atoms with Gasteiger partial charge in [-0.3, -0.25) is 9.59 Å². The number of hydrogen-bond donors (Lipinski definition) is 4. The van der Waals surface area contributed by atoms with Crippen molar-refractivity contribution in [3.8, 4) is 0 Å². The lowest BCUT2D eigenvalue weighted by molar-refractivity contribution is -1.29. The first-order valence-corrected chi connectivity index (χ1v) is 2.76. The van der Waals surface area contributed by atoms with Crippen LogP contribution in [0.4, 0.5) is 0 Å². The van der Waals surface area contributed by atoms with Crippen LogP contribution in [0.2, 0.25) is 0 Å². The molecule has 0 aliphatic rings. The Morgan fingerprint density at radius 2 is 1.36 bits per heavy atom. The molecule has 0 aromatic rings. The van der Waals surface area contributed by atoms with E-state index in [9.17, 15) is 9.59 Å². The van der Waals surface area contributed by atoms with E-state index in [4.69, 9.17) is 10.4 Å². The molecule has 0 aliphatic heterocycles. The smallest absolute Gasteiger partial charge is 0.270 e. The summed E-state index contributed by atoms with van der Waals surface area (Å²) in [5, 5.41) is 15.3. The molecule has 2 amide bonds. The van der Waals surface area contributed by atoms with E-state index >= 15 is 0 Å². The molecule has 0 spiro atoms. The van der Waals surface area contributed by atoms with Crippen molar-refractivity contribution in [3.63, 3.8) is 0 Å². The largest absolute Gasteiger partial charge is 0.270 e. The maximum atomic E-state index is 10.2. The summed E-state index contributed by atoms with van der Waals surface area (Å²) in [5.41, 5.74) is 3.26. The Balaban J connectivity index is 3.99. The average Bonchev–Trinajstić information content (AvgIpc) is 1.53. The number of nitrogens with zero attached hydrogens (tertiary/aromatic N) is 1. The Morgan fingerprint density at radius 3 is 1.55 bits per heavy atom. The first-order chi connectivity index (χ1) is 4.83. The fourth-order valence-corrected chi connectivity index (χ4v) is 0.467. The van der Waals surface area contributed by atoms with Crippen molar-refractivity contribution in [1.29, 1.82) is 0 Å². The fourth-order valence-electron chi connectivity index (χ4n) is 0.467. The van der Waals surface area contributed by atoms with Crippen molar-refractivity contribution in [2.75, 3.05) is 0 Å². The third-order valence-electron chi connectivity index (χ3n) is 0.627. The molecular formula is C4H10N3O4+. The Kier molecular flexibility index (Phi) is 2.93. The summed E-state index contributed by atoms with van der Waals surface area (Å²) in [6.45, 7) is 2.14.